The Bertz CT molecular complexity index is 450. The molecule has 2 amide bonds. The normalized spacial score (nSPS) is 12.7. The summed E-state index contributed by atoms with van der Waals surface area (Å²) in [5, 5.41) is 11.8. The molecule has 0 saturated heterocycles. The maximum Gasteiger partial charge on any atom is 0.407 e. The first kappa shape index (κ1) is 27.0. The van der Waals surface area contributed by atoms with E-state index in [1.165, 1.54) is 0 Å². The number of halogens is 1. The highest BCUT2D eigenvalue weighted by atomic mass is 127. The molecule has 9 heteroatoms. The molecule has 1 unspecified atom stereocenters. The predicted octanol–water partition coefficient (Wildman–Crippen LogP) is 1.84. The first-order valence-electron chi connectivity index (χ1n) is 8.76. The topological polar surface area (TPSA) is 104 Å². The number of nitrogens with one attached hydrogen (secondary N) is 4. The Balaban J connectivity index is 0. The number of ether oxygens (including phenoxy) is 1. The molecule has 26 heavy (non-hydrogen) atoms. The van der Waals surface area contributed by atoms with Gasteiger partial charge in [0.05, 0.1) is 13.2 Å². The average Bonchev–Trinajstić information content (AvgIpc) is 2.44. The van der Waals surface area contributed by atoms with E-state index in [9.17, 15) is 9.59 Å². The van der Waals surface area contributed by atoms with Crippen LogP contribution in [0, 0.1) is 5.92 Å². The minimum absolute atomic E-state index is 0. The number of carbonyl (C=O) groups excluding carboxylic acids is 2. The molecule has 0 fully saturated rings. The van der Waals surface area contributed by atoms with Gasteiger partial charge in [-0.3, -0.25) is 9.79 Å². The maximum absolute atomic E-state index is 11.9. The Labute approximate surface area is 174 Å². The zero-order chi connectivity index (χ0) is 19.5. The molecule has 8 nitrogen and oxygen atoms in total. The molecule has 0 aromatic heterocycles. The minimum atomic E-state index is -0.428. The van der Waals surface area contributed by atoms with Gasteiger partial charge in [-0.05, 0) is 40.0 Å². The third kappa shape index (κ3) is 15.0. The van der Waals surface area contributed by atoms with E-state index in [0.29, 0.717) is 25.0 Å². The van der Waals surface area contributed by atoms with Gasteiger partial charge in [0.1, 0.15) is 0 Å². The van der Waals surface area contributed by atoms with Gasteiger partial charge in [-0.1, -0.05) is 13.8 Å². The van der Waals surface area contributed by atoms with Crippen molar-refractivity contribution in [3.63, 3.8) is 0 Å². The summed E-state index contributed by atoms with van der Waals surface area (Å²) in [6, 6.07) is -0.0963. The van der Waals surface area contributed by atoms with E-state index in [2.05, 4.69) is 40.1 Å². The molecule has 0 bridgehead atoms. The van der Waals surface area contributed by atoms with E-state index in [-0.39, 0.29) is 48.0 Å². The Hall–Kier alpha value is -1.26. The fourth-order valence-corrected chi connectivity index (χ4v) is 2.17. The largest absolute Gasteiger partial charge is 0.450 e. The average molecular weight is 485 g/mol. The second-order valence-corrected chi connectivity index (χ2v) is 7.30. The number of alkyl carbamates (subject to hydrolysis) is 1. The summed E-state index contributed by atoms with van der Waals surface area (Å²) in [7, 11) is 1.63. The van der Waals surface area contributed by atoms with Gasteiger partial charge in [0.25, 0.3) is 0 Å². The zero-order valence-electron chi connectivity index (χ0n) is 17.1. The highest BCUT2D eigenvalue weighted by Gasteiger charge is 2.16. The van der Waals surface area contributed by atoms with Crippen molar-refractivity contribution in [3.8, 4) is 0 Å². The van der Waals surface area contributed by atoms with Crippen molar-refractivity contribution in [1.82, 2.24) is 21.3 Å². The molecule has 0 spiro atoms. The van der Waals surface area contributed by atoms with Crippen molar-refractivity contribution in [3.05, 3.63) is 0 Å². The van der Waals surface area contributed by atoms with Crippen molar-refractivity contribution >= 4 is 41.9 Å². The van der Waals surface area contributed by atoms with Crippen LogP contribution in [0.2, 0.25) is 0 Å². The van der Waals surface area contributed by atoms with Crippen LogP contribution >= 0.6 is 24.0 Å². The molecule has 0 rings (SSSR count). The van der Waals surface area contributed by atoms with Crippen LogP contribution in [0.15, 0.2) is 4.99 Å². The predicted molar refractivity (Wildman–Crippen MR) is 116 cm³/mol. The summed E-state index contributed by atoms with van der Waals surface area (Å²) in [5.41, 5.74) is -0.276. The third-order valence-electron chi connectivity index (χ3n) is 3.02. The number of hydrogen-bond acceptors (Lipinski definition) is 4. The Morgan fingerprint density at radius 2 is 1.77 bits per heavy atom. The van der Waals surface area contributed by atoms with Crippen LogP contribution in [0.3, 0.4) is 0 Å². The first-order valence-corrected chi connectivity index (χ1v) is 8.76. The molecule has 0 aromatic rings. The highest BCUT2D eigenvalue weighted by molar-refractivity contribution is 14.0. The smallest absolute Gasteiger partial charge is 0.407 e. The monoisotopic (exact) mass is 485 g/mol. The number of aliphatic imine (C=N–C) groups is 1. The summed E-state index contributed by atoms with van der Waals surface area (Å²) in [5.74, 6) is 0.809. The molecule has 0 aliphatic rings. The molecule has 154 valence electrons. The van der Waals surface area contributed by atoms with E-state index in [1.807, 2.05) is 20.8 Å². The fourth-order valence-electron chi connectivity index (χ4n) is 2.17. The second-order valence-electron chi connectivity index (χ2n) is 7.30. The summed E-state index contributed by atoms with van der Waals surface area (Å²) >= 11 is 0. The van der Waals surface area contributed by atoms with Crippen LogP contribution < -0.4 is 21.3 Å². The second kappa shape index (κ2) is 13.9. The van der Waals surface area contributed by atoms with E-state index in [0.717, 1.165) is 6.42 Å². The van der Waals surface area contributed by atoms with E-state index in [4.69, 9.17) is 4.74 Å². The van der Waals surface area contributed by atoms with Gasteiger partial charge in [-0.25, -0.2) is 4.79 Å². The van der Waals surface area contributed by atoms with Gasteiger partial charge in [0.15, 0.2) is 5.96 Å². The molecule has 0 aliphatic heterocycles. The lowest BCUT2D eigenvalue weighted by Crippen LogP contribution is -2.50. The summed E-state index contributed by atoms with van der Waals surface area (Å²) in [6.07, 6.45) is 0.371. The zero-order valence-corrected chi connectivity index (χ0v) is 19.4. The number of carbonyl (C=O) groups is 2. The van der Waals surface area contributed by atoms with Gasteiger partial charge in [-0.15, -0.1) is 24.0 Å². The van der Waals surface area contributed by atoms with Gasteiger partial charge >= 0.3 is 6.09 Å². The number of amides is 2. The van der Waals surface area contributed by atoms with Gasteiger partial charge in [-0.2, -0.15) is 0 Å². The summed E-state index contributed by atoms with van der Waals surface area (Å²) in [4.78, 5) is 27.6. The Morgan fingerprint density at radius 3 is 2.23 bits per heavy atom. The van der Waals surface area contributed by atoms with Gasteiger partial charge in [0, 0.05) is 25.2 Å². The van der Waals surface area contributed by atoms with Crippen molar-refractivity contribution in [2.75, 3.05) is 26.7 Å². The quantitative estimate of drug-likeness (QED) is 0.239. The summed E-state index contributed by atoms with van der Waals surface area (Å²) < 4.78 is 4.94. The molecule has 0 saturated carbocycles. The van der Waals surface area contributed by atoms with Crippen molar-refractivity contribution in [2.24, 2.45) is 10.9 Å². The van der Waals surface area contributed by atoms with Crippen molar-refractivity contribution in [2.45, 2.75) is 59.5 Å². The van der Waals surface area contributed by atoms with Gasteiger partial charge in [0.2, 0.25) is 5.91 Å². The molecule has 0 heterocycles. The molecular weight excluding hydrogens is 449 g/mol. The van der Waals surface area contributed by atoms with E-state index in [1.54, 1.807) is 14.0 Å². The SMILES string of the molecule is CCOC(=O)NC(CNC(=NC)NCC(=O)NC(C)(C)C)CC(C)C.I. The minimum Gasteiger partial charge on any atom is -0.450 e. The van der Waals surface area contributed by atoms with E-state index < -0.39 is 6.09 Å². The lowest BCUT2D eigenvalue weighted by molar-refractivity contribution is -0.121. The van der Waals surface area contributed by atoms with E-state index >= 15 is 0 Å². The van der Waals surface area contributed by atoms with Crippen LogP contribution in [0.25, 0.3) is 0 Å². The number of guanidine groups is 1. The molecule has 0 aliphatic carbocycles. The van der Waals surface area contributed by atoms with Crippen LogP contribution in [-0.2, 0) is 9.53 Å². The lowest BCUT2D eigenvalue weighted by atomic mass is 10.0. The Kier molecular flexibility index (Phi) is 14.4. The van der Waals surface area contributed by atoms with Crippen molar-refractivity contribution < 1.29 is 14.3 Å². The van der Waals surface area contributed by atoms with Gasteiger partial charge < -0.3 is 26.0 Å². The Morgan fingerprint density at radius 1 is 1.15 bits per heavy atom. The molecule has 1 atom stereocenters. The molecule has 0 aromatic carbocycles. The lowest BCUT2D eigenvalue weighted by Gasteiger charge is -2.23. The maximum atomic E-state index is 11.9. The van der Waals surface area contributed by atoms with Crippen LogP contribution in [0.5, 0.6) is 0 Å². The molecule has 4 N–H and O–H groups in total. The fraction of sp³-hybridized carbons (Fsp3) is 0.824. The summed E-state index contributed by atoms with van der Waals surface area (Å²) in [6.45, 7) is 12.7. The number of rotatable bonds is 8. The van der Waals surface area contributed by atoms with Crippen LogP contribution in [0.1, 0.15) is 48.0 Å². The van der Waals surface area contributed by atoms with Crippen LogP contribution in [0.4, 0.5) is 4.79 Å². The van der Waals surface area contributed by atoms with Crippen LogP contribution in [-0.4, -0.2) is 56.3 Å². The first-order chi connectivity index (χ1) is 11.6. The third-order valence-corrected chi connectivity index (χ3v) is 3.02. The number of hydrogen-bond donors (Lipinski definition) is 4. The van der Waals surface area contributed by atoms with Crippen molar-refractivity contribution in [1.29, 1.82) is 0 Å². The number of nitrogens with zero attached hydrogens (tertiary/aromatic N) is 1. The highest BCUT2D eigenvalue weighted by Crippen LogP contribution is 2.04. The molecular formula is C17H36IN5O3. The standard InChI is InChI=1S/C17H35N5O3.HI/c1-8-25-16(24)21-13(9-12(2)3)10-19-15(18-7)20-11-14(23)22-17(4,5)6;/h12-13H,8-11H2,1-7H3,(H,21,24)(H,22,23)(H2,18,19,20);1H. The molecule has 0 radical (unpaired) electrons.